The molecule has 2 unspecified atom stereocenters. The Morgan fingerprint density at radius 3 is 2.39 bits per heavy atom. The van der Waals surface area contributed by atoms with E-state index in [1.807, 2.05) is 0 Å². The molecule has 0 aromatic carbocycles. The Kier molecular flexibility index (Phi) is 7.82. The van der Waals surface area contributed by atoms with E-state index in [2.05, 4.69) is 35.9 Å². The van der Waals surface area contributed by atoms with Crippen molar-refractivity contribution in [3.63, 3.8) is 0 Å². The van der Waals surface area contributed by atoms with E-state index in [9.17, 15) is 5.11 Å². The zero-order valence-corrected chi connectivity index (χ0v) is 12.4. The molecule has 1 aliphatic rings. The van der Waals surface area contributed by atoms with E-state index >= 15 is 0 Å². The van der Waals surface area contributed by atoms with Crippen LogP contribution < -0.4 is 5.32 Å². The summed E-state index contributed by atoms with van der Waals surface area (Å²) in [4.78, 5) is 4.77. The van der Waals surface area contributed by atoms with E-state index < -0.39 is 0 Å². The van der Waals surface area contributed by atoms with E-state index in [0.29, 0.717) is 12.6 Å². The van der Waals surface area contributed by atoms with Crippen molar-refractivity contribution in [1.82, 2.24) is 15.1 Å². The van der Waals surface area contributed by atoms with Crippen LogP contribution in [0.3, 0.4) is 0 Å². The molecule has 2 atom stereocenters. The number of nitrogens with zero attached hydrogens (tertiary/aromatic N) is 2. The second-order valence-electron chi connectivity index (χ2n) is 5.46. The molecule has 1 aliphatic heterocycles. The third-order valence-electron chi connectivity index (χ3n) is 3.80. The third kappa shape index (κ3) is 6.14. The van der Waals surface area contributed by atoms with Crippen molar-refractivity contribution >= 4 is 0 Å². The smallest absolute Gasteiger partial charge is 0.0791 e. The molecule has 0 aromatic rings. The van der Waals surface area contributed by atoms with Crippen LogP contribution in [0.2, 0.25) is 0 Å². The molecule has 108 valence electrons. The molecule has 0 radical (unpaired) electrons. The number of aliphatic hydroxyl groups excluding tert-OH is 1. The summed E-state index contributed by atoms with van der Waals surface area (Å²) in [5.41, 5.74) is 0. The van der Waals surface area contributed by atoms with E-state index in [0.717, 1.165) is 26.2 Å². The number of likely N-dealkylation sites (tertiary alicyclic amines) is 1. The van der Waals surface area contributed by atoms with Crippen LogP contribution in [0.5, 0.6) is 0 Å². The number of nitrogens with one attached hydrogen (secondary N) is 1. The number of hydrogen-bond donors (Lipinski definition) is 2. The average molecular weight is 257 g/mol. The number of likely N-dealkylation sites (N-methyl/N-ethyl adjacent to an activating group) is 1. The zero-order valence-electron chi connectivity index (χ0n) is 12.4. The number of rotatable bonds is 9. The van der Waals surface area contributed by atoms with Crippen molar-refractivity contribution in [3.05, 3.63) is 0 Å². The van der Waals surface area contributed by atoms with E-state index in [1.54, 1.807) is 0 Å². The quantitative estimate of drug-likeness (QED) is 0.640. The summed E-state index contributed by atoms with van der Waals surface area (Å²) in [6, 6.07) is 0.467. The van der Waals surface area contributed by atoms with Gasteiger partial charge in [0.25, 0.3) is 0 Å². The molecule has 4 nitrogen and oxygen atoms in total. The Morgan fingerprint density at radius 1 is 1.22 bits per heavy atom. The average Bonchev–Trinajstić information content (AvgIpc) is 2.86. The Hall–Kier alpha value is -0.160. The molecule has 0 spiro atoms. The molecule has 1 saturated heterocycles. The Labute approximate surface area is 112 Å². The highest BCUT2D eigenvalue weighted by molar-refractivity contribution is 4.74. The molecule has 0 aliphatic carbocycles. The zero-order chi connectivity index (χ0) is 13.4. The number of hydrogen-bond acceptors (Lipinski definition) is 4. The van der Waals surface area contributed by atoms with E-state index in [4.69, 9.17) is 0 Å². The molecule has 1 fully saturated rings. The van der Waals surface area contributed by atoms with Gasteiger partial charge in [0.2, 0.25) is 0 Å². The molecule has 4 heteroatoms. The maximum absolute atomic E-state index is 9.97. The van der Waals surface area contributed by atoms with Gasteiger partial charge in [-0.1, -0.05) is 13.8 Å². The van der Waals surface area contributed by atoms with Gasteiger partial charge in [0.15, 0.2) is 0 Å². The lowest BCUT2D eigenvalue weighted by atomic mass is 10.2. The predicted molar refractivity (Wildman–Crippen MR) is 76.9 cm³/mol. The van der Waals surface area contributed by atoms with E-state index in [-0.39, 0.29) is 6.10 Å². The summed E-state index contributed by atoms with van der Waals surface area (Å²) in [6.07, 6.45) is 2.43. The molecule has 2 N–H and O–H groups in total. The van der Waals surface area contributed by atoms with Crippen molar-refractivity contribution in [1.29, 1.82) is 0 Å². The van der Waals surface area contributed by atoms with Crippen molar-refractivity contribution in [2.75, 3.05) is 45.8 Å². The SMILES string of the molecule is CCN(CC)CC(O)CNC(C)CN1CCCC1. The van der Waals surface area contributed by atoms with Gasteiger partial charge < -0.3 is 20.2 Å². The van der Waals surface area contributed by atoms with E-state index in [1.165, 1.54) is 25.9 Å². The van der Waals surface area contributed by atoms with Gasteiger partial charge in [0.1, 0.15) is 0 Å². The van der Waals surface area contributed by atoms with Gasteiger partial charge in [-0.15, -0.1) is 0 Å². The van der Waals surface area contributed by atoms with Crippen molar-refractivity contribution < 1.29 is 5.11 Å². The molecular formula is C14H31N3O. The highest BCUT2D eigenvalue weighted by Gasteiger charge is 2.15. The second-order valence-corrected chi connectivity index (χ2v) is 5.46. The maximum Gasteiger partial charge on any atom is 0.0791 e. The largest absolute Gasteiger partial charge is 0.390 e. The summed E-state index contributed by atoms with van der Waals surface area (Å²) in [7, 11) is 0. The molecule has 0 amide bonds. The molecule has 0 bridgehead atoms. The normalized spacial score (nSPS) is 20.5. The Morgan fingerprint density at radius 2 is 1.83 bits per heavy atom. The number of aliphatic hydroxyl groups is 1. The molecule has 1 heterocycles. The maximum atomic E-state index is 9.97. The monoisotopic (exact) mass is 257 g/mol. The fourth-order valence-corrected chi connectivity index (χ4v) is 2.60. The molecule has 1 rings (SSSR count). The lowest BCUT2D eigenvalue weighted by Crippen LogP contribution is -2.44. The van der Waals surface area contributed by atoms with Crippen molar-refractivity contribution in [2.45, 2.75) is 45.8 Å². The van der Waals surface area contributed by atoms with Gasteiger partial charge in [-0.05, 0) is 45.9 Å². The first-order valence-corrected chi connectivity index (χ1v) is 7.51. The van der Waals surface area contributed by atoms with Gasteiger partial charge in [0.05, 0.1) is 6.10 Å². The summed E-state index contributed by atoms with van der Waals surface area (Å²) in [6.45, 7) is 13.6. The van der Waals surface area contributed by atoms with Crippen LogP contribution in [0.4, 0.5) is 0 Å². The van der Waals surface area contributed by atoms with Gasteiger partial charge in [-0.25, -0.2) is 0 Å². The minimum Gasteiger partial charge on any atom is -0.390 e. The first-order valence-electron chi connectivity index (χ1n) is 7.51. The van der Waals surface area contributed by atoms with Crippen molar-refractivity contribution in [3.8, 4) is 0 Å². The molecular weight excluding hydrogens is 226 g/mol. The minimum atomic E-state index is -0.258. The lowest BCUT2D eigenvalue weighted by molar-refractivity contribution is 0.112. The lowest BCUT2D eigenvalue weighted by Gasteiger charge is -2.25. The fourth-order valence-electron chi connectivity index (χ4n) is 2.60. The summed E-state index contributed by atoms with van der Waals surface area (Å²) in [5, 5.41) is 13.4. The highest BCUT2D eigenvalue weighted by atomic mass is 16.3. The van der Waals surface area contributed by atoms with Gasteiger partial charge >= 0.3 is 0 Å². The molecule has 0 aromatic heterocycles. The van der Waals surface area contributed by atoms with Crippen LogP contribution in [0.1, 0.15) is 33.6 Å². The summed E-state index contributed by atoms with van der Waals surface area (Å²) in [5.74, 6) is 0. The predicted octanol–water partition coefficient (Wildman–Crippen LogP) is 0.763. The summed E-state index contributed by atoms with van der Waals surface area (Å²) < 4.78 is 0. The third-order valence-corrected chi connectivity index (χ3v) is 3.80. The first kappa shape index (κ1) is 15.9. The topological polar surface area (TPSA) is 38.7 Å². The van der Waals surface area contributed by atoms with Crippen molar-refractivity contribution in [2.24, 2.45) is 0 Å². The van der Waals surface area contributed by atoms with Crippen LogP contribution in [0, 0.1) is 0 Å². The van der Waals surface area contributed by atoms with Crippen LogP contribution in [0.25, 0.3) is 0 Å². The molecule has 0 saturated carbocycles. The van der Waals surface area contributed by atoms with Gasteiger partial charge in [0, 0.05) is 25.7 Å². The standard InChI is InChI=1S/C14H31N3O/c1-4-16(5-2)12-14(18)10-15-13(3)11-17-8-6-7-9-17/h13-15,18H,4-12H2,1-3H3. The summed E-state index contributed by atoms with van der Waals surface area (Å²) >= 11 is 0. The Bertz CT molecular complexity index is 193. The highest BCUT2D eigenvalue weighted by Crippen LogP contribution is 2.07. The van der Waals surface area contributed by atoms with Crippen LogP contribution >= 0.6 is 0 Å². The van der Waals surface area contributed by atoms with Crippen LogP contribution in [-0.4, -0.2) is 72.9 Å². The van der Waals surface area contributed by atoms with Crippen LogP contribution in [-0.2, 0) is 0 Å². The Balaban J connectivity index is 2.10. The first-order chi connectivity index (χ1) is 8.65. The fraction of sp³-hybridized carbons (Fsp3) is 1.00. The molecule has 18 heavy (non-hydrogen) atoms. The van der Waals surface area contributed by atoms with Crippen LogP contribution in [0.15, 0.2) is 0 Å². The van der Waals surface area contributed by atoms with Gasteiger partial charge in [-0.3, -0.25) is 0 Å². The minimum absolute atomic E-state index is 0.258. The second kappa shape index (κ2) is 8.86. The van der Waals surface area contributed by atoms with Gasteiger partial charge in [-0.2, -0.15) is 0 Å².